The molecule has 0 bridgehead atoms. The lowest BCUT2D eigenvalue weighted by atomic mass is 10.0. The van der Waals surface area contributed by atoms with E-state index in [1.807, 2.05) is 0 Å². The molecule has 0 amide bonds. The molecule has 6 nitrogen and oxygen atoms in total. The first-order valence-electron chi connectivity index (χ1n) is 6.26. The third kappa shape index (κ3) is 3.82. The van der Waals surface area contributed by atoms with Gasteiger partial charge >= 0.3 is 12.0 Å². The van der Waals surface area contributed by atoms with E-state index in [1.165, 1.54) is 22.8 Å². The highest BCUT2D eigenvalue weighted by Gasteiger charge is 2.33. The van der Waals surface area contributed by atoms with Crippen LogP contribution in [0, 0.1) is 10.1 Å². The van der Waals surface area contributed by atoms with Crippen LogP contribution in [-0.2, 0) is 19.1 Å². The zero-order valence-electron chi connectivity index (χ0n) is 11.2. The summed E-state index contributed by atoms with van der Waals surface area (Å²) in [6, 6.07) is 4.98. The number of imidazole rings is 1. The highest BCUT2D eigenvalue weighted by molar-refractivity contribution is 5.30. The fraction of sp³-hybridized carbons (Fsp3) is 0.308. The van der Waals surface area contributed by atoms with Crippen molar-refractivity contribution in [3.8, 4) is 0 Å². The van der Waals surface area contributed by atoms with E-state index in [0.717, 1.165) is 18.6 Å². The minimum Gasteiger partial charge on any atom is -0.391 e. The summed E-state index contributed by atoms with van der Waals surface area (Å²) in [5.41, 5.74) is -0.831. The van der Waals surface area contributed by atoms with Crippen LogP contribution in [0.2, 0.25) is 0 Å². The van der Waals surface area contributed by atoms with Gasteiger partial charge in [-0.05, 0) is 21.5 Å². The maximum absolute atomic E-state index is 12.8. The minimum absolute atomic E-state index is 0.0304. The van der Waals surface area contributed by atoms with Crippen molar-refractivity contribution in [3.05, 3.63) is 58.0 Å². The molecule has 1 atom stereocenters. The number of halogens is 3. The third-order valence-corrected chi connectivity index (χ3v) is 3.01. The highest BCUT2D eigenvalue weighted by Crippen LogP contribution is 2.32. The number of benzene rings is 1. The number of alkyl halides is 3. The first-order valence-corrected chi connectivity index (χ1v) is 6.26. The van der Waals surface area contributed by atoms with Crippen LogP contribution in [0.4, 0.5) is 19.0 Å². The Bertz CT molecular complexity index is 670. The molecule has 2 rings (SSSR count). The molecule has 0 fully saturated rings. The summed E-state index contributed by atoms with van der Waals surface area (Å²) in [5, 5.41) is 20.4. The third-order valence-electron chi connectivity index (χ3n) is 3.01. The smallest absolute Gasteiger partial charge is 0.391 e. The quantitative estimate of drug-likeness (QED) is 0.678. The fourth-order valence-corrected chi connectivity index (χ4v) is 2.08. The standard InChI is InChI=1S/C13H12F3N3O3/c14-13(15,16)11-4-2-1-3-9(11)5-10(20)6-18-7-12(17-8-18)19(21)22/h1-4,7-8,10,20H,5-6H2/t10-/m1/s1. The normalized spacial score (nSPS) is 13.1. The lowest BCUT2D eigenvalue weighted by Gasteiger charge is -2.15. The predicted molar refractivity (Wildman–Crippen MR) is 70.0 cm³/mol. The van der Waals surface area contributed by atoms with Crippen LogP contribution in [0.5, 0.6) is 0 Å². The fourth-order valence-electron chi connectivity index (χ4n) is 2.08. The average molecular weight is 315 g/mol. The number of aliphatic hydroxyl groups excluding tert-OH is 1. The number of hydrogen-bond acceptors (Lipinski definition) is 4. The predicted octanol–water partition coefficient (Wildman–Crippen LogP) is 2.41. The van der Waals surface area contributed by atoms with Gasteiger partial charge in [0.15, 0.2) is 0 Å². The van der Waals surface area contributed by atoms with Crippen molar-refractivity contribution in [2.24, 2.45) is 0 Å². The van der Waals surface area contributed by atoms with Gasteiger partial charge in [-0.25, -0.2) is 0 Å². The Kier molecular flexibility index (Phi) is 4.45. The number of nitro groups is 1. The Morgan fingerprint density at radius 2 is 2.05 bits per heavy atom. The zero-order valence-corrected chi connectivity index (χ0v) is 11.2. The number of hydrogen-bond donors (Lipinski definition) is 1. The van der Waals surface area contributed by atoms with Crippen LogP contribution in [0.25, 0.3) is 0 Å². The number of aromatic nitrogens is 2. The number of nitrogens with zero attached hydrogens (tertiary/aromatic N) is 3. The second-order valence-corrected chi connectivity index (χ2v) is 4.70. The molecular weight excluding hydrogens is 303 g/mol. The first kappa shape index (κ1) is 16.0. The molecule has 1 aromatic heterocycles. The summed E-state index contributed by atoms with van der Waals surface area (Å²) < 4.78 is 39.8. The van der Waals surface area contributed by atoms with Crippen molar-refractivity contribution in [1.29, 1.82) is 0 Å². The summed E-state index contributed by atoms with van der Waals surface area (Å²) in [6.45, 7) is -0.0902. The Hall–Kier alpha value is -2.42. The first-order chi connectivity index (χ1) is 10.3. The van der Waals surface area contributed by atoms with Crippen molar-refractivity contribution < 1.29 is 23.2 Å². The lowest BCUT2D eigenvalue weighted by Crippen LogP contribution is -2.20. The minimum atomic E-state index is -4.50. The van der Waals surface area contributed by atoms with E-state index in [2.05, 4.69) is 4.98 Å². The van der Waals surface area contributed by atoms with Crippen molar-refractivity contribution in [1.82, 2.24) is 9.55 Å². The maximum atomic E-state index is 12.8. The maximum Gasteiger partial charge on any atom is 0.416 e. The summed E-state index contributed by atoms with van der Waals surface area (Å²) in [7, 11) is 0. The van der Waals surface area contributed by atoms with E-state index < -0.39 is 22.8 Å². The molecule has 2 aromatic rings. The zero-order chi connectivity index (χ0) is 16.3. The van der Waals surface area contributed by atoms with Crippen molar-refractivity contribution in [3.63, 3.8) is 0 Å². The van der Waals surface area contributed by atoms with Gasteiger partial charge in [0, 0.05) is 6.42 Å². The van der Waals surface area contributed by atoms with Crippen LogP contribution in [-0.4, -0.2) is 25.7 Å². The van der Waals surface area contributed by atoms with Gasteiger partial charge in [0.1, 0.15) is 6.20 Å². The van der Waals surface area contributed by atoms with Crippen molar-refractivity contribution in [2.75, 3.05) is 0 Å². The SMILES string of the molecule is O=[N+]([O-])c1cn(C[C@H](O)Cc2ccccc2C(F)(F)F)cn1. The van der Waals surface area contributed by atoms with E-state index in [-0.39, 0.29) is 24.3 Å². The van der Waals surface area contributed by atoms with E-state index in [0.29, 0.717) is 0 Å². The van der Waals surface area contributed by atoms with Gasteiger partial charge in [0.25, 0.3) is 0 Å². The Morgan fingerprint density at radius 3 is 2.64 bits per heavy atom. The molecule has 0 saturated carbocycles. The molecule has 0 spiro atoms. The Morgan fingerprint density at radius 1 is 1.36 bits per heavy atom. The van der Waals surface area contributed by atoms with Crippen LogP contribution in [0.1, 0.15) is 11.1 Å². The van der Waals surface area contributed by atoms with Gasteiger partial charge in [-0.2, -0.15) is 13.2 Å². The van der Waals surface area contributed by atoms with Gasteiger partial charge < -0.3 is 19.8 Å². The molecule has 9 heteroatoms. The summed E-state index contributed by atoms with van der Waals surface area (Å²) in [5.74, 6) is -0.386. The van der Waals surface area contributed by atoms with E-state index in [4.69, 9.17) is 0 Å². The van der Waals surface area contributed by atoms with Crippen LogP contribution in [0.3, 0.4) is 0 Å². The van der Waals surface area contributed by atoms with Crippen LogP contribution in [0.15, 0.2) is 36.8 Å². The molecule has 1 heterocycles. The van der Waals surface area contributed by atoms with Crippen LogP contribution < -0.4 is 0 Å². The molecule has 1 N–H and O–H groups in total. The second-order valence-electron chi connectivity index (χ2n) is 4.70. The second kappa shape index (κ2) is 6.14. The monoisotopic (exact) mass is 315 g/mol. The van der Waals surface area contributed by atoms with E-state index in [9.17, 15) is 28.4 Å². The summed E-state index contributed by atoms with van der Waals surface area (Å²) >= 11 is 0. The molecule has 0 aliphatic heterocycles. The van der Waals surface area contributed by atoms with Crippen molar-refractivity contribution >= 4 is 5.82 Å². The van der Waals surface area contributed by atoms with Crippen molar-refractivity contribution in [2.45, 2.75) is 25.2 Å². The molecule has 0 radical (unpaired) electrons. The largest absolute Gasteiger partial charge is 0.416 e. The molecule has 1 aromatic carbocycles. The molecular formula is C13H12F3N3O3. The summed E-state index contributed by atoms with van der Waals surface area (Å²) in [4.78, 5) is 13.3. The average Bonchev–Trinajstić information content (AvgIpc) is 2.86. The molecule has 0 saturated heterocycles. The lowest BCUT2D eigenvalue weighted by molar-refractivity contribution is -0.389. The van der Waals surface area contributed by atoms with Gasteiger partial charge in [-0.3, -0.25) is 0 Å². The molecule has 118 valence electrons. The topological polar surface area (TPSA) is 81.2 Å². The molecule has 22 heavy (non-hydrogen) atoms. The number of aliphatic hydroxyl groups is 1. The van der Waals surface area contributed by atoms with Gasteiger partial charge in [0.2, 0.25) is 6.33 Å². The van der Waals surface area contributed by atoms with Gasteiger partial charge in [-0.1, -0.05) is 18.2 Å². The van der Waals surface area contributed by atoms with Gasteiger partial charge in [0.05, 0.1) is 18.2 Å². The van der Waals surface area contributed by atoms with E-state index >= 15 is 0 Å². The Balaban J connectivity index is 2.09. The molecule has 0 aliphatic carbocycles. The number of rotatable bonds is 5. The molecule has 0 unspecified atom stereocenters. The Labute approximate surface area is 123 Å². The van der Waals surface area contributed by atoms with Crippen LogP contribution >= 0.6 is 0 Å². The highest BCUT2D eigenvalue weighted by atomic mass is 19.4. The van der Waals surface area contributed by atoms with E-state index in [1.54, 1.807) is 0 Å². The van der Waals surface area contributed by atoms with Gasteiger partial charge in [-0.15, -0.1) is 0 Å². The summed E-state index contributed by atoms with van der Waals surface area (Å²) in [6.07, 6.45) is -3.58. The molecule has 0 aliphatic rings.